The second kappa shape index (κ2) is 9.01. The second-order valence-corrected chi connectivity index (χ2v) is 8.23. The lowest BCUT2D eigenvalue weighted by Gasteiger charge is -2.20. The standard InChI is InChI=1S/C25H25N5O4/c1-15-20(24(31)26-18-9-12-21(32-2)22(13-18)33-3)14-30(28-15)19-10-7-16(8-11-19)23-27-25(34-29-23)17-5-4-6-17/h7-14,17H,4-6H2,1-3H3,(H,26,31). The van der Waals surface area contributed by atoms with Gasteiger partial charge in [0.2, 0.25) is 11.7 Å². The van der Waals surface area contributed by atoms with Crippen LogP contribution in [-0.2, 0) is 0 Å². The smallest absolute Gasteiger partial charge is 0.259 e. The van der Waals surface area contributed by atoms with Crippen LogP contribution >= 0.6 is 0 Å². The molecule has 4 aromatic rings. The van der Waals surface area contributed by atoms with Crippen molar-refractivity contribution >= 4 is 11.6 Å². The Morgan fingerprint density at radius 2 is 1.85 bits per heavy atom. The molecule has 2 heterocycles. The van der Waals surface area contributed by atoms with Crippen molar-refractivity contribution in [3.05, 3.63) is 65.8 Å². The number of hydrogen-bond donors (Lipinski definition) is 1. The number of aryl methyl sites for hydroxylation is 1. The topological polar surface area (TPSA) is 104 Å². The highest BCUT2D eigenvalue weighted by Crippen LogP contribution is 2.36. The van der Waals surface area contributed by atoms with Gasteiger partial charge in [0, 0.05) is 29.4 Å². The molecule has 0 bridgehead atoms. The van der Waals surface area contributed by atoms with Gasteiger partial charge in [-0.25, -0.2) is 4.68 Å². The molecule has 0 radical (unpaired) electrons. The summed E-state index contributed by atoms with van der Waals surface area (Å²) in [6.45, 7) is 1.80. The van der Waals surface area contributed by atoms with Gasteiger partial charge in [0.15, 0.2) is 11.5 Å². The van der Waals surface area contributed by atoms with Crippen LogP contribution in [0.15, 0.2) is 53.2 Å². The molecule has 9 heteroatoms. The Morgan fingerprint density at radius 3 is 2.53 bits per heavy atom. The molecule has 1 aliphatic carbocycles. The maximum absolute atomic E-state index is 12.9. The summed E-state index contributed by atoms with van der Waals surface area (Å²) >= 11 is 0. The number of nitrogens with one attached hydrogen (secondary N) is 1. The SMILES string of the molecule is COc1ccc(NC(=O)c2cn(-c3ccc(-c4noc(C5CCC5)n4)cc3)nc2C)cc1OC. The molecule has 0 spiro atoms. The average Bonchev–Trinajstić information content (AvgIpc) is 3.45. The number of amides is 1. The van der Waals surface area contributed by atoms with Crippen LogP contribution in [0.5, 0.6) is 11.5 Å². The number of nitrogens with zero attached hydrogens (tertiary/aromatic N) is 4. The van der Waals surface area contributed by atoms with E-state index in [1.165, 1.54) is 6.42 Å². The van der Waals surface area contributed by atoms with Crippen LogP contribution in [0.2, 0.25) is 0 Å². The third kappa shape index (κ3) is 4.12. The first-order chi connectivity index (χ1) is 16.6. The fourth-order valence-corrected chi connectivity index (χ4v) is 3.86. The summed E-state index contributed by atoms with van der Waals surface area (Å²) in [5, 5.41) is 11.5. The molecule has 1 amide bonds. The zero-order valence-corrected chi connectivity index (χ0v) is 19.2. The van der Waals surface area contributed by atoms with Crippen molar-refractivity contribution in [2.24, 2.45) is 0 Å². The van der Waals surface area contributed by atoms with Gasteiger partial charge >= 0.3 is 0 Å². The number of carbonyl (C=O) groups is 1. The van der Waals surface area contributed by atoms with E-state index in [2.05, 4.69) is 20.6 Å². The van der Waals surface area contributed by atoms with Gasteiger partial charge in [-0.2, -0.15) is 10.1 Å². The summed E-state index contributed by atoms with van der Waals surface area (Å²) in [5.41, 5.74) is 3.38. The molecule has 1 aliphatic rings. The van der Waals surface area contributed by atoms with Crippen molar-refractivity contribution in [3.8, 4) is 28.6 Å². The van der Waals surface area contributed by atoms with E-state index in [0.29, 0.717) is 40.2 Å². The number of anilines is 1. The summed E-state index contributed by atoms with van der Waals surface area (Å²) in [6.07, 6.45) is 5.15. The molecule has 0 saturated heterocycles. The highest BCUT2D eigenvalue weighted by Gasteiger charge is 2.25. The van der Waals surface area contributed by atoms with Gasteiger partial charge in [0.1, 0.15) is 0 Å². The Kier molecular flexibility index (Phi) is 5.75. The minimum atomic E-state index is -0.261. The van der Waals surface area contributed by atoms with E-state index in [9.17, 15) is 4.79 Å². The number of methoxy groups -OCH3 is 2. The number of benzene rings is 2. The largest absolute Gasteiger partial charge is 0.493 e. The van der Waals surface area contributed by atoms with Gasteiger partial charge in [0.25, 0.3) is 5.91 Å². The van der Waals surface area contributed by atoms with E-state index in [1.807, 2.05) is 24.3 Å². The van der Waals surface area contributed by atoms with Gasteiger partial charge in [-0.3, -0.25) is 4.79 Å². The first-order valence-corrected chi connectivity index (χ1v) is 11.1. The van der Waals surface area contributed by atoms with E-state index in [0.717, 1.165) is 30.0 Å². The number of aromatic nitrogens is 4. The Hall–Kier alpha value is -4.14. The van der Waals surface area contributed by atoms with E-state index < -0.39 is 0 Å². The molecule has 9 nitrogen and oxygen atoms in total. The normalized spacial score (nSPS) is 13.4. The van der Waals surface area contributed by atoms with Crippen LogP contribution in [0.4, 0.5) is 5.69 Å². The van der Waals surface area contributed by atoms with Gasteiger partial charge in [-0.15, -0.1) is 0 Å². The molecule has 2 aromatic heterocycles. The molecular weight excluding hydrogens is 434 g/mol. The number of carbonyl (C=O) groups excluding carboxylic acids is 1. The van der Waals surface area contributed by atoms with E-state index in [4.69, 9.17) is 14.0 Å². The molecule has 174 valence electrons. The van der Waals surface area contributed by atoms with Crippen molar-refractivity contribution in [3.63, 3.8) is 0 Å². The van der Waals surface area contributed by atoms with Crippen molar-refractivity contribution in [2.45, 2.75) is 32.1 Å². The van der Waals surface area contributed by atoms with Crippen molar-refractivity contribution < 1.29 is 18.8 Å². The molecule has 1 fully saturated rings. The fourth-order valence-electron chi connectivity index (χ4n) is 3.86. The molecule has 0 atom stereocenters. The summed E-state index contributed by atoms with van der Waals surface area (Å²) < 4.78 is 17.7. The maximum atomic E-state index is 12.9. The van der Waals surface area contributed by atoms with Gasteiger partial charge in [-0.05, 0) is 56.2 Å². The summed E-state index contributed by atoms with van der Waals surface area (Å²) in [4.78, 5) is 17.4. The first-order valence-electron chi connectivity index (χ1n) is 11.1. The highest BCUT2D eigenvalue weighted by atomic mass is 16.5. The monoisotopic (exact) mass is 459 g/mol. The van der Waals surface area contributed by atoms with Gasteiger partial charge in [-0.1, -0.05) is 11.6 Å². The van der Waals surface area contributed by atoms with Crippen LogP contribution in [0.25, 0.3) is 17.1 Å². The number of rotatable bonds is 7. The Balaban J connectivity index is 1.32. The van der Waals surface area contributed by atoms with Crippen molar-refractivity contribution in [1.29, 1.82) is 0 Å². The second-order valence-electron chi connectivity index (χ2n) is 8.23. The number of hydrogen-bond acceptors (Lipinski definition) is 7. The fraction of sp³-hybridized carbons (Fsp3) is 0.280. The van der Waals surface area contributed by atoms with Crippen molar-refractivity contribution in [1.82, 2.24) is 19.9 Å². The van der Waals surface area contributed by atoms with Crippen molar-refractivity contribution in [2.75, 3.05) is 19.5 Å². The molecule has 34 heavy (non-hydrogen) atoms. The number of ether oxygens (including phenoxy) is 2. The highest BCUT2D eigenvalue weighted by molar-refractivity contribution is 6.05. The predicted molar refractivity (Wildman–Crippen MR) is 126 cm³/mol. The first kappa shape index (κ1) is 21.7. The van der Waals surface area contributed by atoms with Gasteiger partial charge in [0.05, 0.1) is 31.2 Å². The Labute approximate surface area is 196 Å². The molecule has 1 N–H and O–H groups in total. The minimum Gasteiger partial charge on any atom is -0.493 e. The van der Waals surface area contributed by atoms with Gasteiger partial charge < -0.3 is 19.3 Å². The lowest BCUT2D eigenvalue weighted by atomic mass is 9.85. The summed E-state index contributed by atoms with van der Waals surface area (Å²) in [5.74, 6) is 2.57. The molecule has 0 aliphatic heterocycles. The van der Waals surface area contributed by atoms with Crippen LogP contribution in [0, 0.1) is 6.92 Å². The Bertz CT molecular complexity index is 1320. The minimum absolute atomic E-state index is 0.261. The van der Waals surface area contributed by atoms with E-state index in [1.54, 1.807) is 50.2 Å². The zero-order chi connectivity index (χ0) is 23.7. The van der Waals surface area contributed by atoms with Crippen LogP contribution in [0.1, 0.15) is 47.1 Å². The van der Waals surface area contributed by atoms with Crippen LogP contribution < -0.4 is 14.8 Å². The Morgan fingerprint density at radius 1 is 1.09 bits per heavy atom. The lowest BCUT2D eigenvalue weighted by Crippen LogP contribution is -2.12. The molecule has 1 saturated carbocycles. The summed E-state index contributed by atoms with van der Waals surface area (Å²) in [6, 6.07) is 12.9. The van der Waals surface area contributed by atoms with Crippen LogP contribution in [-0.4, -0.2) is 40.0 Å². The van der Waals surface area contributed by atoms with Crippen LogP contribution in [0.3, 0.4) is 0 Å². The quantitative estimate of drug-likeness (QED) is 0.424. The third-order valence-electron chi connectivity index (χ3n) is 6.07. The average molecular weight is 460 g/mol. The summed E-state index contributed by atoms with van der Waals surface area (Å²) in [7, 11) is 3.12. The molecular formula is C25H25N5O4. The molecule has 0 unspecified atom stereocenters. The van der Waals surface area contributed by atoms with E-state index in [-0.39, 0.29) is 5.91 Å². The predicted octanol–water partition coefficient (Wildman–Crippen LogP) is 4.77. The molecule has 2 aromatic carbocycles. The van der Waals surface area contributed by atoms with E-state index >= 15 is 0 Å². The third-order valence-corrected chi connectivity index (χ3v) is 6.07. The lowest BCUT2D eigenvalue weighted by molar-refractivity contribution is 0.102. The maximum Gasteiger partial charge on any atom is 0.259 e. The zero-order valence-electron chi connectivity index (χ0n) is 19.2. The molecule has 5 rings (SSSR count).